The summed E-state index contributed by atoms with van der Waals surface area (Å²) in [5.41, 5.74) is 0. The summed E-state index contributed by atoms with van der Waals surface area (Å²) in [7, 11) is -1.04. The van der Waals surface area contributed by atoms with E-state index in [2.05, 4.69) is 10.3 Å². The van der Waals surface area contributed by atoms with Crippen molar-refractivity contribution < 1.29 is 12.8 Å². The molecule has 1 aromatic heterocycles. The number of aromatic nitrogens is 1. The summed E-state index contributed by atoms with van der Waals surface area (Å²) in [5.74, 6) is 1.76. The topological polar surface area (TPSA) is 72.2 Å². The summed E-state index contributed by atoms with van der Waals surface area (Å²) in [6, 6.07) is 0. The minimum absolute atomic E-state index is 0.00638. The van der Waals surface area contributed by atoms with E-state index in [0.717, 1.165) is 0 Å². The molecule has 0 aromatic carbocycles. The maximum absolute atomic E-state index is 11.3. The van der Waals surface area contributed by atoms with Crippen molar-refractivity contribution in [3.63, 3.8) is 0 Å². The Morgan fingerprint density at radius 3 is 3.07 bits per heavy atom. The molecule has 2 heterocycles. The fourth-order valence-electron chi connectivity index (χ4n) is 1.77. The van der Waals surface area contributed by atoms with E-state index in [1.54, 1.807) is 6.20 Å². The van der Waals surface area contributed by atoms with E-state index >= 15 is 0 Å². The van der Waals surface area contributed by atoms with Crippen molar-refractivity contribution in [1.82, 2.24) is 10.3 Å². The van der Waals surface area contributed by atoms with Gasteiger partial charge in [0, 0.05) is 5.92 Å². The van der Waals surface area contributed by atoms with Crippen LogP contribution in [0.2, 0.25) is 0 Å². The third-order valence-corrected chi connectivity index (χ3v) is 4.30. The standard InChI is InChI=1S/C9H14N2O3S/c1-10-5-9-11-4-8(14-9)7-2-3-15(12,13)6-7/h4,7,10H,2-3,5-6H2,1H3. The van der Waals surface area contributed by atoms with Gasteiger partial charge in [-0.3, -0.25) is 0 Å². The minimum Gasteiger partial charge on any atom is -0.444 e. The summed E-state index contributed by atoms with van der Waals surface area (Å²) in [6.45, 7) is 0.569. The molecule has 0 spiro atoms. The van der Waals surface area contributed by atoms with Gasteiger partial charge < -0.3 is 9.73 Å². The van der Waals surface area contributed by atoms with Crippen molar-refractivity contribution in [2.75, 3.05) is 18.6 Å². The molecule has 1 N–H and O–H groups in total. The van der Waals surface area contributed by atoms with E-state index in [9.17, 15) is 8.42 Å². The first-order chi connectivity index (χ1) is 7.11. The lowest BCUT2D eigenvalue weighted by atomic mass is 10.1. The van der Waals surface area contributed by atoms with Crippen LogP contribution in [0.25, 0.3) is 0 Å². The highest BCUT2D eigenvalue weighted by Gasteiger charge is 2.31. The fraction of sp³-hybridized carbons (Fsp3) is 0.667. The first-order valence-corrected chi connectivity index (χ1v) is 6.72. The van der Waals surface area contributed by atoms with Crippen LogP contribution in [0.3, 0.4) is 0 Å². The molecule has 1 saturated heterocycles. The second-order valence-electron chi connectivity index (χ2n) is 3.79. The van der Waals surface area contributed by atoms with E-state index in [-0.39, 0.29) is 17.4 Å². The average Bonchev–Trinajstić information content (AvgIpc) is 2.73. The largest absolute Gasteiger partial charge is 0.444 e. The lowest BCUT2D eigenvalue weighted by Crippen LogP contribution is -2.05. The zero-order chi connectivity index (χ0) is 10.9. The van der Waals surface area contributed by atoms with Gasteiger partial charge in [-0.25, -0.2) is 13.4 Å². The normalized spacial score (nSPS) is 24.5. The zero-order valence-electron chi connectivity index (χ0n) is 8.56. The molecule has 0 aliphatic carbocycles. The van der Waals surface area contributed by atoms with Crippen LogP contribution in [0, 0.1) is 0 Å². The summed E-state index contributed by atoms with van der Waals surface area (Å²) >= 11 is 0. The Morgan fingerprint density at radius 1 is 1.67 bits per heavy atom. The van der Waals surface area contributed by atoms with Gasteiger partial charge in [-0.15, -0.1) is 0 Å². The Morgan fingerprint density at radius 2 is 2.47 bits per heavy atom. The van der Waals surface area contributed by atoms with E-state index in [1.807, 2.05) is 7.05 Å². The van der Waals surface area contributed by atoms with Crippen molar-refractivity contribution in [3.05, 3.63) is 17.8 Å². The maximum atomic E-state index is 11.3. The number of sulfone groups is 1. The van der Waals surface area contributed by atoms with Crippen LogP contribution in [0.4, 0.5) is 0 Å². The molecule has 1 aromatic rings. The minimum atomic E-state index is -2.85. The van der Waals surface area contributed by atoms with Crippen LogP contribution in [-0.2, 0) is 16.4 Å². The molecule has 1 aliphatic rings. The number of rotatable bonds is 3. The SMILES string of the molecule is CNCc1ncc(C2CCS(=O)(=O)C2)o1. The molecule has 1 fully saturated rings. The smallest absolute Gasteiger partial charge is 0.208 e. The Balaban J connectivity index is 2.10. The van der Waals surface area contributed by atoms with E-state index in [4.69, 9.17) is 4.42 Å². The first kappa shape index (κ1) is 10.6. The van der Waals surface area contributed by atoms with Gasteiger partial charge in [0.15, 0.2) is 9.84 Å². The summed E-state index contributed by atoms with van der Waals surface area (Å²) in [6.07, 6.45) is 2.29. The monoisotopic (exact) mass is 230 g/mol. The van der Waals surface area contributed by atoms with Gasteiger partial charge in [0.25, 0.3) is 0 Å². The number of hydrogen-bond acceptors (Lipinski definition) is 5. The predicted molar refractivity (Wildman–Crippen MR) is 55.3 cm³/mol. The highest BCUT2D eigenvalue weighted by atomic mass is 32.2. The van der Waals surface area contributed by atoms with Gasteiger partial charge in [-0.05, 0) is 13.5 Å². The molecule has 0 amide bonds. The van der Waals surface area contributed by atoms with Gasteiger partial charge >= 0.3 is 0 Å². The number of oxazole rings is 1. The van der Waals surface area contributed by atoms with Crippen molar-refractivity contribution in [1.29, 1.82) is 0 Å². The molecule has 2 rings (SSSR count). The Bertz CT molecular complexity index is 438. The maximum Gasteiger partial charge on any atom is 0.208 e. The van der Waals surface area contributed by atoms with Crippen molar-refractivity contribution in [2.24, 2.45) is 0 Å². The van der Waals surface area contributed by atoms with Gasteiger partial charge in [-0.1, -0.05) is 0 Å². The third kappa shape index (κ3) is 2.38. The molecule has 1 aliphatic heterocycles. The Labute approximate surface area is 88.8 Å². The molecular weight excluding hydrogens is 216 g/mol. The van der Waals surface area contributed by atoms with Gasteiger partial charge in [0.1, 0.15) is 5.76 Å². The molecule has 1 atom stereocenters. The molecule has 6 heteroatoms. The van der Waals surface area contributed by atoms with Crippen LogP contribution in [0.1, 0.15) is 24.0 Å². The first-order valence-electron chi connectivity index (χ1n) is 4.90. The predicted octanol–water partition coefficient (Wildman–Crippen LogP) is 0.296. The molecule has 15 heavy (non-hydrogen) atoms. The zero-order valence-corrected chi connectivity index (χ0v) is 9.38. The Kier molecular flexibility index (Phi) is 2.79. The van der Waals surface area contributed by atoms with Crippen molar-refractivity contribution >= 4 is 9.84 Å². The molecular formula is C9H14N2O3S. The molecule has 5 nitrogen and oxygen atoms in total. The third-order valence-electron chi connectivity index (χ3n) is 2.53. The second kappa shape index (κ2) is 3.94. The molecule has 0 bridgehead atoms. The van der Waals surface area contributed by atoms with Crippen molar-refractivity contribution in [2.45, 2.75) is 18.9 Å². The number of nitrogens with zero attached hydrogens (tertiary/aromatic N) is 1. The second-order valence-corrected chi connectivity index (χ2v) is 6.02. The average molecular weight is 230 g/mol. The summed E-state index contributed by atoms with van der Waals surface area (Å²) in [4.78, 5) is 4.07. The highest BCUT2D eigenvalue weighted by molar-refractivity contribution is 7.91. The fourth-order valence-corrected chi connectivity index (χ4v) is 3.52. The summed E-state index contributed by atoms with van der Waals surface area (Å²) in [5, 5.41) is 2.93. The molecule has 0 radical (unpaired) electrons. The molecule has 84 valence electrons. The molecule has 1 unspecified atom stereocenters. The summed E-state index contributed by atoms with van der Waals surface area (Å²) < 4.78 is 28.0. The van der Waals surface area contributed by atoms with Gasteiger partial charge in [0.05, 0.1) is 24.2 Å². The van der Waals surface area contributed by atoms with E-state index in [1.165, 1.54) is 0 Å². The lowest BCUT2D eigenvalue weighted by molar-refractivity contribution is 0.424. The van der Waals surface area contributed by atoms with Crippen LogP contribution < -0.4 is 5.32 Å². The van der Waals surface area contributed by atoms with Gasteiger partial charge in [0.2, 0.25) is 5.89 Å². The van der Waals surface area contributed by atoms with Crippen LogP contribution in [-0.4, -0.2) is 32.0 Å². The van der Waals surface area contributed by atoms with Crippen molar-refractivity contribution in [3.8, 4) is 0 Å². The quantitative estimate of drug-likeness (QED) is 0.808. The molecule has 0 saturated carbocycles. The van der Waals surface area contributed by atoms with Crippen LogP contribution in [0.5, 0.6) is 0 Å². The Hall–Kier alpha value is -0.880. The number of nitrogens with one attached hydrogen (secondary N) is 1. The lowest BCUT2D eigenvalue weighted by Gasteiger charge is -2.01. The van der Waals surface area contributed by atoms with Gasteiger partial charge in [-0.2, -0.15) is 0 Å². The van der Waals surface area contributed by atoms with Crippen LogP contribution >= 0.6 is 0 Å². The highest BCUT2D eigenvalue weighted by Crippen LogP contribution is 2.29. The van der Waals surface area contributed by atoms with E-state index < -0.39 is 9.84 Å². The number of hydrogen-bond donors (Lipinski definition) is 1. The van der Waals surface area contributed by atoms with Crippen LogP contribution in [0.15, 0.2) is 10.6 Å². The van der Waals surface area contributed by atoms with E-state index in [0.29, 0.717) is 24.6 Å².